The molecular formula is C13H10N4O3. The van der Waals surface area contributed by atoms with E-state index in [0.29, 0.717) is 16.8 Å². The molecule has 1 aromatic carbocycles. The third kappa shape index (κ3) is 1.95. The lowest BCUT2D eigenvalue weighted by molar-refractivity contribution is -0.383. The van der Waals surface area contributed by atoms with E-state index in [9.17, 15) is 10.1 Å². The van der Waals surface area contributed by atoms with Gasteiger partial charge in [0.25, 0.3) is 5.69 Å². The van der Waals surface area contributed by atoms with Crippen molar-refractivity contribution in [1.82, 2.24) is 9.97 Å². The molecule has 0 amide bonds. The molecule has 0 fully saturated rings. The van der Waals surface area contributed by atoms with Crippen LogP contribution in [0.5, 0.6) is 0 Å². The van der Waals surface area contributed by atoms with Gasteiger partial charge in [-0.05, 0) is 31.2 Å². The Bertz CT molecular complexity index is 826. The number of oxazole rings is 1. The van der Waals surface area contributed by atoms with Crippen molar-refractivity contribution in [3.63, 3.8) is 0 Å². The van der Waals surface area contributed by atoms with Gasteiger partial charge >= 0.3 is 0 Å². The van der Waals surface area contributed by atoms with Crippen molar-refractivity contribution in [3.05, 3.63) is 46.1 Å². The lowest BCUT2D eigenvalue weighted by Gasteiger charge is -1.98. The van der Waals surface area contributed by atoms with Crippen LogP contribution in [0, 0.1) is 17.0 Å². The maximum absolute atomic E-state index is 10.9. The molecule has 0 atom stereocenters. The number of nitro benzene ring substituents is 1. The summed E-state index contributed by atoms with van der Waals surface area (Å²) in [7, 11) is 0. The summed E-state index contributed by atoms with van der Waals surface area (Å²) in [5.74, 6) is 0.279. The van der Waals surface area contributed by atoms with E-state index >= 15 is 0 Å². The zero-order chi connectivity index (χ0) is 14.3. The number of nitro groups is 1. The second-order valence-corrected chi connectivity index (χ2v) is 4.32. The van der Waals surface area contributed by atoms with Gasteiger partial charge in [0.1, 0.15) is 5.69 Å². The molecule has 2 heterocycles. The standard InChI is InChI=1S/C13H10N4O3/c1-7-2-5-11-12(15-7)16-13(20-11)8-3-4-9(14)10(6-8)17(18)19/h2-6H,14H2,1H3. The molecule has 0 saturated heterocycles. The van der Waals surface area contributed by atoms with Crippen molar-refractivity contribution in [2.24, 2.45) is 0 Å². The monoisotopic (exact) mass is 270 g/mol. The number of benzene rings is 1. The molecule has 0 unspecified atom stereocenters. The first-order valence-corrected chi connectivity index (χ1v) is 5.83. The summed E-state index contributed by atoms with van der Waals surface area (Å²) in [6, 6.07) is 8.00. The average molecular weight is 270 g/mol. The number of hydrogen-bond acceptors (Lipinski definition) is 6. The molecule has 100 valence electrons. The minimum absolute atomic E-state index is 0.101. The van der Waals surface area contributed by atoms with Crippen molar-refractivity contribution in [3.8, 4) is 11.5 Å². The van der Waals surface area contributed by atoms with Crippen LogP contribution in [0.2, 0.25) is 0 Å². The summed E-state index contributed by atoms with van der Waals surface area (Å²) >= 11 is 0. The maximum Gasteiger partial charge on any atom is 0.292 e. The summed E-state index contributed by atoms with van der Waals surface area (Å²) in [5, 5.41) is 10.9. The first kappa shape index (κ1) is 12.1. The van der Waals surface area contributed by atoms with E-state index in [1.54, 1.807) is 12.1 Å². The van der Waals surface area contributed by atoms with Gasteiger partial charge in [-0.1, -0.05) is 0 Å². The van der Waals surface area contributed by atoms with Crippen LogP contribution in [0.15, 0.2) is 34.7 Å². The first-order chi connectivity index (χ1) is 9.54. The predicted octanol–water partition coefficient (Wildman–Crippen LogP) is 2.69. The molecule has 0 aliphatic carbocycles. The second-order valence-electron chi connectivity index (χ2n) is 4.32. The molecular weight excluding hydrogens is 260 g/mol. The molecule has 0 bridgehead atoms. The van der Waals surface area contributed by atoms with Crippen molar-refractivity contribution >= 4 is 22.6 Å². The molecule has 7 heteroatoms. The largest absolute Gasteiger partial charge is 0.434 e. The molecule has 0 aliphatic heterocycles. The summed E-state index contributed by atoms with van der Waals surface area (Å²) in [4.78, 5) is 18.8. The molecule has 0 aliphatic rings. The Morgan fingerprint density at radius 3 is 2.80 bits per heavy atom. The summed E-state index contributed by atoms with van der Waals surface area (Å²) in [6.45, 7) is 1.85. The van der Waals surface area contributed by atoms with Crippen LogP contribution in [0.4, 0.5) is 11.4 Å². The van der Waals surface area contributed by atoms with Gasteiger partial charge in [0.15, 0.2) is 11.2 Å². The van der Waals surface area contributed by atoms with Crippen molar-refractivity contribution in [2.45, 2.75) is 6.92 Å². The number of anilines is 1. The van der Waals surface area contributed by atoms with Crippen LogP contribution in [0.1, 0.15) is 5.69 Å². The Kier molecular flexibility index (Phi) is 2.60. The average Bonchev–Trinajstić information content (AvgIpc) is 2.81. The molecule has 2 aromatic heterocycles. The Morgan fingerprint density at radius 2 is 2.05 bits per heavy atom. The molecule has 3 aromatic rings. The van der Waals surface area contributed by atoms with E-state index in [1.165, 1.54) is 12.1 Å². The lowest BCUT2D eigenvalue weighted by atomic mass is 10.2. The Hall–Kier alpha value is -2.96. The van der Waals surface area contributed by atoms with Crippen LogP contribution >= 0.6 is 0 Å². The molecule has 7 nitrogen and oxygen atoms in total. The van der Waals surface area contributed by atoms with Crippen LogP contribution in [-0.4, -0.2) is 14.9 Å². The van der Waals surface area contributed by atoms with Gasteiger partial charge in [-0.2, -0.15) is 4.98 Å². The van der Waals surface area contributed by atoms with Crippen molar-refractivity contribution in [1.29, 1.82) is 0 Å². The van der Waals surface area contributed by atoms with Crippen molar-refractivity contribution in [2.75, 3.05) is 5.73 Å². The number of aromatic nitrogens is 2. The SMILES string of the molecule is Cc1ccc2oc(-c3ccc(N)c([N+](=O)[O-])c3)nc2n1. The molecule has 0 spiro atoms. The minimum Gasteiger partial charge on any atom is -0.434 e. The smallest absolute Gasteiger partial charge is 0.292 e. The number of aryl methyl sites for hydroxylation is 1. The number of pyridine rings is 1. The topological polar surface area (TPSA) is 108 Å². The fourth-order valence-corrected chi connectivity index (χ4v) is 1.87. The van der Waals surface area contributed by atoms with Crippen LogP contribution in [0.3, 0.4) is 0 Å². The minimum atomic E-state index is -0.538. The maximum atomic E-state index is 10.9. The number of fused-ring (bicyclic) bond motifs is 1. The summed E-state index contributed by atoms with van der Waals surface area (Å²) in [6.07, 6.45) is 0. The molecule has 2 N–H and O–H groups in total. The first-order valence-electron chi connectivity index (χ1n) is 5.83. The van der Waals surface area contributed by atoms with E-state index in [1.807, 2.05) is 13.0 Å². The van der Waals surface area contributed by atoms with E-state index in [0.717, 1.165) is 5.69 Å². The lowest BCUT2D eigenvalue weighted by Crippen LogP contribution is -1.95. The highest BCUT2D eigenvalue weighted by molar-refractivity contribution is 5.74. The van der Waals surface area contributed by atoms with Crippen LogP contribution < -0.4 is 5.73 Å². The van der Waals surface area contributed by atoms with E-state index < -0.39 is 4.92 Å². The van der Waals surface area contributed by atoms with Crippen LogP contribution in [-0.2, 0) is 0 Å². The van der Waals surface area contributed by atoms with E-state index in [2.05, 4.69) is 9.97 Å². The van der Waals surface area contributed by atoms with Crippen LogP contribution in [0.25, 0.3) is 22.7 Å². The van der Waals surface area contributed by atoms with Gasteiger partial charge in [-0.25, -0.2) is 4.98 Å². The zero-order valence-electron chi connectivity index (χ0n) is 10.5. The van der Waals surface area contributed by atoms with Gasteiger partial charge < -0.3 is 10.2 Å². The zero-order valence-corrected chi connectivity index (χ0v) is 10.5. The third-order valence-electron chi connectivity index (χ3n) is 2.87. The van der Waals surface area contributed by atoms with Gasteiger partial charge in [0.05, 0.1) is 4.92 Å². The second kappa shape index (κ2) is 4.30. The third-order valence-corrected chi connectivity index (χ3v) is 2.87. The number of rotatable bonds is 2. The van der Waals surface area contributed by atoms with Crippen molar-refractivity contribution < 1.29 is 9.34 Å². The summed E-state index contributed by atoms with van der Waals surface area (Å²) in [5.41, 5.74) is 7.80. The summed E-state index contributed by atoms with van der Waals surface area (Å²) < 4.78 is 5.55. The molecule has 0 radical (unpaired) electrons. The highest BCUT2D eigenvalue weighted by Gasteiger charge is 2.16. The Morgan fingerprint density at radius 1 is 1.25 bits per heavy atom. The van der Waals surface area contributed by atoms with Gasteiger partial charge in [-0.15, -0.1) is 0 Å². The fourth-order valence-electron chi connectivity index (χ4n) is 1.87. The van der Waals surface area contributed by atoms with Gasteiger partial charge in [0, 0.05) is 17.3 Å². The molecule has 20 heavy (non-hydrogen) atoms. The number of nitrogens with two attached hydrogens (primary N) is 1. The Labute approximate surface area is 113 Å². The van der Waals surface area contributed by atoms with E-state index in [4.69, 9.17) is 10.2 Å². The normalized spacial score (nSPS) is 10.8. The number of nitrogen functional groups attached to an aromatic ring is 1. The number of nitrogens with zero attached hydrogens (tertiary/aromatic N) is 3. The fraction of sp³-hybridized carbons (Fsp3) is 0.0769. The molecule has 0 saturated carbocycles. The quantitative estimate of drug-likeness (QED) is 0.435. The highest BCUT2D eigenvalue weighted by atomic mass is 16.6. The number of hydrogen-bond donors (Lipinski definition) is 1. The Balaban J connectivity index is 2.15. The van der Waals surface area contributed by atoms with E-state index in [-0.39, 0.29) is 17.3 Å². The highest BCUT2D eigenvalue weighted by Crippen LogP contribution is 2.29. The van der Waals surface area contributed by atoms with Gasteiger partial charge in [-0.3, -0.25) is 10.1 Å². The van der Waals surface area contributed by atoms with Gasteiger partial charge in [0.2, 0.25) is 5.89 Å². The predicted molar refractivity (Wildman–Crippen MR) is 73.0 cm³/mol. The molecule has 3 rings (SSSR count).